The number of halogens is 3. The molecule has 5 heterocycles. The summed E-state index contributed by atoms with van der Waals surface area (Å²) in [5.74, 6) is 0.739. The summed E-state index contributed by atoms with van der Waals surface area (Å²) in [5.41, 5.74) is 3.90. The van der Waals surface area contributed by atoms with Gasteiger partial charge >= 0.3 is 0 Å². The third-order valence-electron chi connectivity index (χ3n) is 5.00. The van der Waals surface area contributed by atoms with Crippen LogP contribution in [0.4, 0.5) is 0 Å². The van der Waals surface area contributed by atoms with Gasteiger partial charge in [-0.2, -0.15) is 0 Å². The number of piperidine rings is 1. The summed E-state index contributed by atoms with van der Waals surface area (Å²) >= 11 is 12.6. The summed E-state index contributed by atoms with van der Waals surface area (Å²) in [4.78, 5) is 22.3. The van der Waals surface area contributed by atoms with E-state index in [-0.39, 0.29) is 5.91 Å². The quantitative estimate of drug-likeness (QED) is 0.317. The largest absolute Gasteiger partial charge is 0.337 e. The smallest absolute Gasteiger partial charge is 0.222 e. The summed E-state index contributed by atoms with van der Waals surface area (Å²) in [6.07, 6.45) is 10.4. The van der Waals surface area contributed by atoms with Gasteiger partial charge in [0.15, 0.2) is 0 Å². The van der Waals surface area contributed by atoms with Gasteiger partial charge in [0, 0.05) is 34.3 Å². The standard InChI is InChI=1S/C13H14BrN3O.C8H6BrClN2/c14-10-4-5-12-15-7-11(17(12)8-10)9-16-6-2-1-3-13(16)18;9-6-1-2-8-11-4-7(3-10)12(8)5-6/h4-5,7-8H,1-3,6,9H2;1-2,4-5H,3H2. The molecule has 156 valence electrons. The van der Waals surface area contributed by atoms with Crippen LogP contribution in [0.3, 0.4) is 0 Å². The van der Waals surface area contributed by atoms with Crippen molar-refractivity contribution >= 4 is 60.7 Å². The lowest BCUT2D eigenvalue weighted by molar-refractivity contribution is -0.133. The third-order valence-corrected chi connectivity index (χ3v) is 6.22. The number of nitrogens with zero attached hydrogens (tertiary/aromatic N) is 5. The van der Waals surface area contributed by atoms with Crippen LogP contribution in [0.1, 0.15) is 30.7 Å². The van der Waals surface area contributed by atoms with E-state index >= 15 is 0 Å². The number of hydrogen-bond donors (Lipinski definition) is 0. The third kappa shape index (κ3) is 4.71. The fourth-order valence-corrected chi connectivity index (χ4v) is 4.32. The maximum atomic E-state index is 11.8. The Morgan fingerprint density at radius 1 is 0.900 bits per heavy atom. The number of amides is 1. The first-order valence-electron chi connectivity index (χ1n) is 9.62. The SMILES string of the molecule is ClCc1cnc2ccc(Br)cn12.O=C1CCCCN1Cc1cnc2ccc(Br)cn12. The molecule has 6 nitrogen and oxygen atoms in total. The molecule has 1 fully saturated rings. The summed E-state index contributed by atoms with van der Waals surface area (Å²) < 4.78 is 6.04. The summed E-state index contributed by atoms with van der Waals surface area (Å²) in [6, 6.07) is 7.84. The van der Waals surface area contributed by atoms with Crippen molar-refractivity contribution in [3.05, 3.63) is 69.4 Å². The van der Waals surface area contributed by atoms with Crippen molar-refractivity contribution in [2.24, 2.45) is 0 Å². The second-order valence-electron chi connectivity index (χ2n) is 7.06. The van der Waals surface area contributed by atoms with Crippen molar-refractivity contribution in [1.82, 2.24) is 23.7 Å². The lowest BCUT2D eigenvalue weighted by Crippen LogP contribution is -2.34. The Bertz CT molecular complexity index is 1190. The Morgan fingerprint density at radius 3 is 2.10 bits per heavy atom. The van der Waals surface area contributed by atoms with Gasteiger partial charge in [-0.1, -0.05) is 0 Å². The van der Waals surface area contributed by atoms with Gasteiger partial charge in [0.2, 0.25) is 5.91 Å². The molecule has 1 aliphatic rings. The first-order chi connectivity index (χ1) is 14.5. The average Bonchev–Trinajstić information content (AvgIpc) is 3.33. The number of likely N-dealkylation sites (tertiary alicyclic amines) is 1. The van der Waals surface area contributed by atoms with E-state index in [0.29, 0.717) is 18.8 Å². The monoisotopic (exact) mass is 551 g/mol. The van der Waals surface area contributed by atoms with E-state index in [2.05, 4.69) is 41.8 Å². The van der Waals surface area contributed by atoms with Crippen LogP contribution >= 0.6 is 43.5 Å². The van der Waals surface area contributed by atoms with Gasteiger partial charge in [0.1, 0.15) is 11.3 Å². The number of pyridine rings is 2. The topological polar surface area (TPSA) is 54.9 Å². The second-order valence-corrected chi connectivity index (χ2v) is 9.15. The molecule has 0 aromatic carbocycles. The Hall–Kier alpha value is -1.90. The molecule has 0 radical (unpaired) electrons. The number of imidazole rings is 2. The summed E-state index contributed by atoms with van der Waals surface area (Å²) in [7, 11) is 0. The number of carbonyl (C=O) groups is 1. The number of alkyl halides is 1. The molecule has 1 amide bonds. The molecule has 5 rings (SSSR count). The van der Waals surface area contributed by atoms with Crippen LogP contribution < -0.4 is 0 Å². The molecule has 0 atom stereocenters. The van der Waals surface area contributed by atoms with Gasteiger partial charge < -0.3 is 13.7 Å². The maximum Gasteiger partial charge on any atom is 0.222 e. The fourth-order valence-electron chi connectivity index (χ4n) is 3.45. The van der Waals surface area contributed by atoms with Crippen LogP contribution in [0.2, 0.25) is 0 Å². The first kappa shape index (κ1) is 21.3. The van der Waals surface area contributed by atoms with Gasteiger partial charge in [-0.25, -0.2) is 9.97 Å². The van der Waals surface area contributed by atoms with Crippen LogP contribution in [-0.2, 0) is 17.2 Å². The molecule has 0 saturated carbocycles. The van der Waals surface area contributed by atoms with Crippen LogP contribution in [-0.4, -0.2) is 36.1 Å². The maximum absolute atomic E-state index is 11.8. The minimum Gasteiger partial charge on any atom is -0.337 e. The van der Waals surface area contributed by atoms with Crippen LogP contribution in [0.5, 0.6) is 0 Å². The zero-order chi connectivity index (χ0) is 21.1. The van der Waals surface area contributed by atoms with Crippen molar-refractivity contribution < 1.29 is 4.79 Å². The highest BCUT2D eigenvalue weighted by atomic mass is 79.9. The Balaban J connectivity index is 0.000000158. The van der Waals surface area contributed by atoms with Crippen molar-refractivity contribution in [2.45, 2.75) is 31.7 Å². The first-order valence-corrected chi connectivity index (χ1v) is 11.7. The lowest BCUT2D eigenvalue weighted by Gasteiger charge is -2.26. The number of hydrogen-bond acceptors (Lipinski definition) is 3. The van der Waals surface area contributed by atoms with Crippen LogP contribution in [0.25, 0.3) is 11.3 Å². The molecule has 0 bridgehead atoms. The van der Waals surface area contributed by atoms with Crippen LogP contribution in [0.15, 0.2) is 58.0 Å². The second kappa shape index (κ2) is 9.49. The van der Waals surface area contributed by atoms with Crippen LogP contribution in [0, 0.1) is 0 Å². The number of rotatable bonds is 3. The van der Waals surface area contributed by atoms with E-state index < -0.39 is 0 Å². The van der Waals surface area contributed by atoms with E-state index in [9.17, 15) is 4.79 Å². The van der Waals surface area contributed by atoms with Crippen molar-refractivity contribution in [3.8, 4) is 0 Å². The molecule has 0 aliphatic carbocycles. The van der Waals surface area contributed by atoms with E-state index in [1.165, 1.54) is 0 Å². The molecule has 0 N–H and O–H groups in total. The Kier molecular flexibility index (Phi) is 6.75. The van der Waals surface area contributed by atoms with Gasteiger partial charge in [0.25, 0.3) is 0 Å². The zero-order valence-corrected chi connectivity index (χ0v) is 20.1. The van der Waals surface area contributed by atoms with E-state index in [4.69, 9.17) is 11.6 Å². The molecule has 0 unspecified atom stereocenters. The van der Waals surface area contributed by atoms with Crippen molar-refractivity contribution in [2.75, 3.05) is 6.54 Å². The number of aromatic nitrogens is 4. The van der Waals surface area contributed by atoms with Crippen molar-refractivity contribution in [3.63, 3.8) is 0 Å². The normalized spacial score (nSPS) is 14.2. The van der Waals surface area contributed by atoms with Gasteiger partial charge in [0.05, 0.1) is 36.2 Å². The molecular formula is C21H20Br2ClN5O. The molecule has 9 heteroatoms. The number of fused-ring (bicyclic) bond motifs is 2. The minimum atomic E-state index is 0.256. The molecule has 1 saturated heterocycles. The Labute approximate surface area is 196 Å². The minimum absolute atomic E-state index is 0.256. The molecule has 30 heavy (non-hydrogen) atoms. The summed E-state index contributed by atoms with van der Waals surface area (Å²) in [6.45, 7) is 1.51. The van der Waals surface area contributed by atoms with Gasteiger partial charge in [-0.3, -0.25) is 4.79 Å². The molecule has 1 aliphatic heterocycles. The number of carbonyl (C=O) groups excluding carboxylic acids is 1. The lowest BCUT2D eigenvalue weighted by atomic mass is 10.1. The highest BCUT2D eigenvalue weighted by Gasteiger charge is 2.19. The molecular weight excluding hydrogens is 534 g/mol. The average molecular weight is 554 g/mol. The summed E-state index contributed by atoms with van der Waals surface area (Å²) in [5, 5.41) is 0. The van der Waals surface area contributed by atoms with E-state index in [1.807, 2.05) is 56.6 Å². The van der Waals surface area contributed by atoms with Crippen molar-refractivity contribution in [1.29, 1.82) is 0 Å². The molecule has 4 aromatic heterocycles. The predicted molar refractivity (Wildman–Crippen MR) is 125 cm³/mol. The zero-order valence-electron chi connectivity index (χ0n) is 16.1. The molecule has 4 aromatic rings. The predicted octanol–water partition coefficient (Wildman–Crippen LogP) is 5.44. The fraction of sp³-hybridized carbons (Fsp3) is 0.286. The van der Waals surface area contributed by atoms with Gasteiger partial charge in [-0.05, 0) is 69.0 Å². The Morgan fingerprint density at radius 2 is 1.50 bits per heavy atom. The molecule has 0 spiro atoms. The van der Waals surface area contributed by atoms with E-state index in [1.54, 1.807) is 6.20 Å². The highest BCUT2D eigenvalue weighted by molar-refractivity contribution is 9.10. The van der Waals surface area contributed by atoms with Gasteiger partial charge in [-0.15, -0.1) is 11.6 Å². The highest BCUT2D eigenvalue weighted by Crippen LogP contribution is 2.18. The van der Waals surface area contributed by atoms with E-state index in [0.717, 1.165) is 51.0 Å².